The van der Waals surface area contributed by atoms with Crippen LogP contribution in [0, 0.1) is 13.8 Å². The summed E-state index contributed by atoms with van der Waals surface area (Å²) in [6.07, 6.45) is 0.238. The lowest BCUT2D eigenvalue weighted by Gasteiger charge is -2.48. The van der Waals surface area contributed by atoms with Crippen LogP contribution in [0.5, 0.6) is 0 Å². The SMILES string of the molecule is Cc1ccc(C2(C3CNCCO3)COC2)cc1C. The highest BCUT2D eigenvalue weighted by atomic mass is 16.5. The van der Waals surface area contributed by atoms with Gasteiger partial charge in [0.1, 0.15) is 0 Å². The van der Waals surface area contributed by atoms with Crippen molar-refractivity contribution in [3.8, 4) is 0 Å². The Morgan fingerprint density at radius 1 is 1.22 bits per heavy atom. The Balaban J connectivity index is 1.92. The number of ether oxygens (including phenoxy) is 2. The summed E-state index contributed by atoms with van der Waals surface area (Å²) in [6.45, 7) is 8.57. The molecule has 3 nitrogen and oxygen atoms in total. The van der Waals surface area contributed by atoms with Crippen LogP contribution in [-0.2, 0) is 14.9 Å². The van der Waals surface area contributed by atoms with E-state index in [2.05, 4.69) is 37.4 Å². The topological polar surface area (TPSA) is 30.5 Å². The molecule has 1 atom stereocenters. The average Bonchev–Trinajstić information content (AvgIpc) is 2.34. The molecule has 2 saturated heterocycles. The minimum absolute atomic E-state index is 0.0614. The van der Waals surface area contributed by atoms with Crippen LogP contribution in [0.1, 0.15) is 16.7 Å². The first kappa shape index (κ1) is 12.2. The summed E-state index contributed by atoms with van der Waals surface area (Å²) in [5, 5.41) is 3.42. The molecular formula is C15H21NO2. The monoisotopic (exact) mass is 247 g/mol. The fourth-order valence-corrected chi connectivity index (χ4v) is 2.83. The molecule has 0 aromatic heterocycles. The first-order valence-corrected chi connectivity index (χ1v) is 6.70. The van der Waals surface area contributed by atoms with Crippen molar-refractivity contribution in [2.45, 2.75) is 25.4 Å². The van der Waals surface area contributed by atoms with Gasteiger partial charge in [0, 0.05) is 13.1 Å². The van der Waals surface area contributed by atoms with E-state index in [-0.39, 0.29) is 11.5 Å². The van der Waals surface area contributed by atoms with Crippen molar-refractivity contribution in [2.75, 3.05) is 32.9 Å². The molecular weight excluding hydrogens is 226 g/mol. The normalized spacial score (nSPS) is 26.7. The first-order chi connectivity index (χ1) is 8.72. The van der Waals surface area contributed by atoms with E-state index in [0.717, 1.165) is 32.9 Å². The molecule has 1 unspecified atom stereocenters. The van der Waals surface area contributed by atoms with Gasteiger partial charge < -0.3 is 14.8 Å². The molecule has 0 radical (unpaired) electrons. The largest absolute Gasteiger partial charge is 0.379 e. The number of hydrogen-bond donors (Lipinski definition) is 1. The first-order valence-electron chi connectivity index (χ1n) is 6.70. The van der Waals surface area contributed by atoms with Crippen LogP contribution in [-0.4, -0.2) is 39.0 Å². The van der Waals surface area contributed by atoms with Gasteiger partial charge in [0.15, 0.2) is 0 Å². The minimum Gasteiger partial charge on any atom is -0.379 e. The van der Waals surface area contributed by atoms with Gasteiger partial charge in [-0.2, -0.15) is 0 Å². The lowest BCUT2D eigenvalue weighted by molar-refractivity contribution is -0.146. The van der Waals surface area contributed by atoms with Crippen LogP contribution >= 0.6 is 0 Å². The number of rotatable bonds is 2. The summed E-state index contributed by atoms with van der Waals surface area (Å²) >= 11 is 0. The van der Waals surface area contributed by atoms with Crippen molar-refractivity contribution in [3.05, 3.63) is 34.9 Å². The molecule has 0 saturated carbocycles. The zero-order valence-corrected chi connectivity index (χ0v) is 11.2. The Kier molecular flexibility index (Phi) is 3.14. The highest BCUT2D eigenvalue weighted by molar-refractivity contribution is 5.37. The van der Waals surface area contributed by atoms with Gasteiger partial charge in [0.25, 0.3) is 0 Å². The highest BCUT2D eigenvalue weighted by Crippen LogP contribution is 2.38. The fraction of sp³-hybridized carbons (Fsp3) is 0.600. The van der Waals surface area contributed by atoms with E-state index >= 15 is 0 Å². The summed E-state index contributed by atoms with van der Waals surface area (Å²) in [6, 6.07) is 6.75. The molecule has 0 bridgehead atoms. The maximum Gasteiger partial charge on any atom is 0.0841 e. The van der Waals surface area contributed by atoms with E-state index in [9.17, 15) is 0 Å². The molecule has 3 heteroatoms. The average molecular weight is 247 g/mol. The smallest absolute Gasteiger partial charge is 0.0841 e. The summed E-state index contributed by atoms with van der Waals surface area (Å²) in [4.78, 5) is 0. The molecule has 0 amide bonds. The van der Waals surface area contributed by atoms with Gasteiger partial charge >= 0.3 is 0 Å². The summed E-state index contributed by atoms with van der Waals surface area (Å²) < 4.78 is 11.5. The van der Waals surface area contributed by atoms with Gasteiger partial charge in [0.05, 0.1) is 31.3 Å². The lowest BCUT2D eigenvalue weighted by Crippen LogP contribution is -2.61. The second-order valence-electron chi connectivity index (χ2n) is 5.51. The second-order valence-corrected chi connectivity index (χ2v) is 5.51. The van der Waals surface area contributed by atoms with Gasteiger partial charge in [-0.15, -0.1) is 0 Å². The van der Waals surface area contributed by atoms with Gasteiger partial charge in [-0.3, -0.25) is 0 Å². The summed E-state index contributed by atoms with van der Waals surface area (Å²) in [5.41, 5.74) is 4.12. The molecule has 0 spiro atoms. The zero-order chi connectivity index (χ0) is 12.6. The third-order valence-electron chi connectivity index (χ3n) is 4.35. The van der Waals surface area contributed by atoms with Crippen molar-refractivity contribution in [1.29, 1.82) is 0 Å². The quantitative estimate of drug-likeness (QED) is 0.860. The van der Waals surface area contributed by atoms with Crippen LogP contribution in [0.15, 0.2) is 18.2 Å². The van der Waals surface area contributed by atoms with E-state index in [4.69, 9.17) is 9.47 Å². The molecule has 1 aromatic rings. The van der Waals surface area contributed by atoms with Crippen molar-refractivity contribution < 1.29 is 9.47 Å². The van der Waals surface area contributed by atoms with E-state index in [1.807, 2.05) is 0 Å². The maximum atomic E-state index is 5.97. The Labute approximate surface area is 108 Å². The minimum atomic E-state index is 0.0614. The molecule has 3 rings (SSSR count). The van der Waals surface area contributed by atoms with Gasteiger partial charge in [-0.05, 0) is 30.5 Å². The third-order valence-corrected chi connectivity index (χ3v) is 4.35. The Hall–Kier alpha value is -0.900. The fourth-order valence-electron chi connectivity index (χ4n) is 2.83. The van der Waals surface area contributed by atoms with E-state index in [0.29, 0.717) is 0 Å². The van der Waals surface area contributed by atoms with E-state index in [1.165, 1.54) is 16.7 Å². The number of morpholine rings is 1. The zero-order valence-electron chi connectivity index (χ0n) is 11.2. The highest BCUT2D eigenvalue weighted by Gasteiger charge is 2.48. The Morgan fingerprint density at radius 3 is 2.61 bits per heavy atom. The molecule has 98 valence electrons. The molecule has 18 heavy (non-hydrogen) atoms. The van der Waals surface area contributed by atoms with Crippen molar-refractivity contribution in [2.24, 2.45) is 0 Å². The van der Waals surface area contributed by atoms with Gasteiger partial charge in [0.2, 0.25) is 0 Å². The van der Waals surface area contributed by atoms with Crippen molar-refractivity contribution in [1.82, 2.24) is 5.32 Å². The molecule has 0 aliphatic carbocycles. The molecule has 1 aromatic carbocycles. The Morgan fingerprint density at radius 2 is 2.06 bits per heavy atom. The van der Waals surface area contributed by atoms with Crippen LogP contribution in [0.3, 0.4) is 0 Å². The van der Waals surface area contributed by atoms with Crippen LogP contribution < -0.4 is 5.32 Å². The Bertz CT molecular complexity index is 434. The predicted octanol–water partition coefficient (Wildman–Crippen LogP) is 1.56. The third kappa shape index (κ3) is 1.87. The second kappa shape index (κ2) is 4.65. The number of benzene rings is 1. The van der Waals surface area contributed by atoms with Gasteiger partial charge in [-0.1, -0.05) is 18.2 Å². The van der Waals surface area contributed by atoms with Crippen LogP contribution in [0.25, 0.3) is 0 Å². The van der Waals surface area contributed by atoms with E-state index in [1.54, 1.807) is 0 Å². The summed E-state index contributed by atoms with van der Waals surface area (Å²) in [5.74, 6) is 0. The predicted molar refractivity (Wildman–Crippen MR) is 71.0 cm³/mol. The number of aryl methyl sites for hydroxylation is 2. The number of nitrogens with one attached hydrogen (secondary N) is 1. The van der Waals surface area contributed by atoms with Crippen LogP contribution in [0.4, 0.5) is 0 Å². The summed E-state index contributed by atoms with van der Waals surface area (Å²) in [7, 11) is 0. The van der Waals surface area contributed by atoms with E-state index < -0.39 is 0 Å². The van der Waals surface area contributed by atoms with Crippen molar-refractivity contribution in [3.63, 3.8) is 0 Å². The van der Waals surface area contributed by atoms with Gasteiger partial charge in [-0.25, -0.2) is 0 Å². The van der Waals surface area contributed by atoms with Crippen molar-refractivity contribution >= 4 is 0 Å². The molecule has 2 aliphatic heterocycles. The molecule has 2 heterocycles. The lowest BCUT2D eigenvalue weighted by atomic mass is 9.72. The molecule has 2 aliphatic rings. The van der Waals surface area contributed by atoms with Crippen LogP contribution in [0.2, 0.25) is 0 Å². The molecule has 1 N–H and O–H groups in total. The number of hydrogen-bond acceptors (Lipinski definition) is 3. The maximum absolute atomic E-state index is 5.97. The molecule has 2 fully saturated rings. The standard InChI is InChI=1S/C15H21NO2/c1-11-3-4-13(7-12(11)2)15(9-17-10-15)14-8-16-5-6-18-14/h3-4,7,14,16H,5-6,8-10H2,1-2H3.